The van der Waals surface area contributed by atoms with Crippen molar-refractivity contribution in [1.29, 1.82) is 0 Å². The summed E-state index contributed by atoms with van der Waals surface area (Å²) >= 11 is 0. The SMILES string of the molecule is CCC(C)CC(C)NS(=O)(=O)c1ccn[nH]1. The van der Waals surface area contributed by atoms with E-state index in [1.54, 1.807) is 0 Å². The van der Waals surface area contributed by atoms with Crippen LogP contribution in [-0.2, 0) is 10.0 Å². The molecule has 0 aliphatic heterocycles. The lowest BCUT2D eigenvalue weighted by molar-refractivity contribution is 0.445. The van der Waals surface area contributed by atoms with Crippen LogP contribution < -0.4 is 4.72 Å². The zero-order valence-corrected chi connectivity index (χ0v) is 10.7. The minimum absolute atomic E-state index is 0.0664. The van der Waals surface area contributed by atoms with Crippen molar-refractivity contribution < 1.29 is 8.42 Å². The molecule has 0 spiro atoms. The zero-order chi connectivity index (χ0) is 12.2. The number of hydrogen-bond acceptors (Lipinski definition) is 3. The van der Waals surface area contributed by atoms with Crippen molar-refractivity contribution in [2.75, 3.05) is 0 Å². The van der Waals surface area contributed by atoms with Crippen molar-refractivity contribution in [1.82, 2.24) is 14.9 Å². The van der Waals surface area contributed by atoms with Crippen LogP contribution in [0.1, 0.15) is 33.6 Å². The van der Waals surface area contributed by atoms with Crippen molar-refractivity contribution in [2.45, 2.75) is 44.7 Å². The molecule has 0 amide bonds. The van der Waals surface area contributed by atoms with Gasteiger partial charge in [-0.05, 0) is 25.3 Å². The Bertz CT molecular complexity index is 400. The van der Waals surface area contributed by atoms with Crippen molar-refractivity contribution in [3.63, 3.8) is 0 Å². The maximum absolute atomic E-state index is 11.8. The highest BCUT2D eigenvalue weighted by Crippen LogP contribution is 2.12. The fourth-order valence-corrected chi connectivity index (χ4v) is 2.71. The van der Waals surface area contributed by atoms with Gasteiger partial charge in [0.15, 0.2) is 5.03 Å². The van der Waals surface area contributed by atoms with E-state index in [4.69, 9.17) is 0 Å². The maximum atomic E-state index is 11.8. The molecule has 0 aliphatic carbocycles. The van der Waals surface area contributed by atoms with Crippen LogP contribution in [0.4, 0.5) is 0 Å². The first-order valence-electron chi connectivity index (χ1n) is 5.47. The Morgan fingerprint density at radius 2 is 2.19 bits per heavy atom. The van der Waals surface area contributed by atoms with Crippen LogP contribution in [0.2, 0.25) is 0 Å². The molecule has 1 aromatic heterocycles. The molecule has 0 aromatic carbocycles. The first-order chi connectivity index (χ1) is 7.45. The van der Waals surface area contributed by atoms with E-state index in [2.05, 4.69) is 28.8 Å². The third kappa shape index (κ3) is 3.61. The highest BCUT2D eigenvalue weighted by atomic mass is 32.2. The lowest BCUT2D eigenvalue weighted by Crippen LogP contribution is -2.33. The first-order valence-corrected chi connectivity index (χ1v) is 6.95. The fourth-order valence-electron chi connectivity index (χ4n) is 1.54. The van der Waals surface area contributed by atoms with Gasteiger partial charge in [-0.15, -0.1) is 0 Å². The summed E-state index contributed by atoms with van der Waals surface area (Å²) in [7, 11) is -3.44. The number of aromatic nitrogens is 2. The molecule has 16 heavy (non-hydrogen) atoms. The summed E-state index contributed by atoms with van der Waals surface area (Å²) in [6.07, 6.45) is 3.31. The minimum atomic E-state index is -3.44. The van der Waals surface area contributed by atoms with Crippen molar-refractivity contribution in [3.05, 3.63) is 12.3 Å². The van der Waals surface area contributed by atoms with Gasteiger partial charge in [-0.1, -0.05) is 20.3 Å². The quantitative estimate of drug-likeness (QED) is 0.797. The van der Waals surface area contributed by atoms with Gasteiger partial charge in [0, 0.05) is 6.04 Å². The van der Waals surface area contributed by atoms with E-state index in [1.165, 1.54) is 12.3 Å². The average Bonchev–Trinajstić information content (AvgIpc) is 2.69. The highest BCUT2D eigenvalue weighted by molar-refractivity contribution is 7.89. The number of nitrogens with zero attached hydrogens (tertiary/aromatic N) is 1. The summed E-state index contributed by atoms with van der Waals surface area (Å²) in [5.41, 5.74) is 0. The van der Waals surface area contributed by atoms with Crippen LogP contribution in [-0.4, -0.2) is 24.7 Å². The second kappa shape index (κ2) is 5.45. The number of aromatic amines is 1. The van der Waals surface area contributed by atoms with E-state index >= 15 is 0 Å². The molecule has 0 saturated carbocycles. The molecule has 0 saturated heterocycles. The molecule has 0 bridgehead atoms. The lowest BCUT2D eigenvalue weighted by Gasteiger charge is -2.16. The van der Waals surface area contributed by atoms with Crippen molar-refractivity contribution in [3.8, 4) is 0 Å². The molecule has 2 unspecified atom stereocenters. The predicted molar refractivity (Wildman–Crippen MR) is 62.4 cm³/mol. The van der Waals surface area contributed by atoms with E-state index in [0.29, 0.717) is 5.92 Å². The Hall–Kier alpha value is -0.880. The number of rotatable bonds is 6. The standard InChI is InChI=1S/C10H19N3O2S/c1-4-8(2)7-9(3)13-16(14,15)10-5-6-11-12-10/h5-6,8-9,13H,4,7H2,1-3H3,(H,11,12). The molecule has 0 aliphatic rings. The van der Waals surface area contributed by atoms with Gasteiger partial charge in [0.25, 0.3) is 10.0 Å². The molecular weight excluding hydrogens is 226 g/mol. The molecule has 1 heterocycles. The monoisotopic (exact) mass is 245 g/mol. The van der Waals surface area contributed by atoms with E-state index in [9.17, 15) is 8.42 Å². The Morgan fingerprint density at radius 1 is 1.50 bits per heavy atom. The molecule has 2 atom stereocenters. The number of H-pyrrole nitrogens is 1. The fraction of sp³-hybridized carbons (Fsp3) is 0.700. The van der Waals surface area contributed by atoms with Gasteiger partial charge in [-0.3, -0.25) is 5.10 Å². The Labute approximate surface area is 96.7 Å². The second-order valence-corrected chi connectivity index (χ2v) is 5.87. The molecule has 0 fully saturated rings. The van der Waals surface area contributed by atoms with E-state index in [-0.39, 0.29) is 11.1 Å². The van der Waals surface area contributed by atoms with Gasteiger partial charge < -0.3 is 0 Å². The summed E-state index contributed by atoms with van der Waals surface area (Å²) in [5.74, 6) is 0.513. The first kappa shape index (κ1) is 13.2. The van der Waals surface area contributed by atoms with Gasteiger partial charge in [0.1, 0.15) is 0 Å². The Kier molecular flexibility index (Phi) is 4.49. The van der Waals surface area contributed by atoms with Crippen LogP contribution in [0.3, 0.4) is 0 Å². The van der Waals surface area contributed by atoms with Crippen molar-refractivity contribution in [2.24, 2.45) is 5.92 Å². The van der Waals surface area contributed by atoms with Gasteiger partial charge in [0.2, 0.25) is 0 Å². The largest absolute Gasteiger partial charge is 0.266 e. The molecular formula is C10H19N3O2S. The lowest BCUT2D eigenvalue weighted by atomic mass is 10.0. The summed E-state index contributed by atoms with van der Waals surface area (Å²) in [6.45, 7) is 6.09. The number of hydrogen-bond donors (Lipinski definition) is 2. The highest BCUT2D eigenvalue weighted by Gasteiger charge is 2.19. The van der Waals surface area contributed by atoms with Crippen LogP contribution in [0.5, 0.6) is 0 Å². The van der Waals surface area contributed by atoms with Crippen LogP contribution in [0.15, 0.2) is 17.3 Å². The van der Waals surface area contributed by atoms with E-state index in [1.807, 2.05) is 6.92 Å². The molecule has 2 N–H and O–H groups in total. The molecule has 5 nitrogen and oxygen atoms in total. The van der Waals surface area contributed by atoms with Gasteiger partial charge >= 0.3 is 0 Å². The predicted octanol–water partition coefficient (Wildman–Crippen LogP) is 1.51. The number of nitrogens with one attached hydrogen (secondary N) is 2. The van der Waals surface area contributed by atoms with Crippen LogP contribution >= 0.6 is 0 Å². The number of sulfonamides is 1. The van der Waals surface area contributed by atoms with Gasteiger partial charge in [0.05, 0.1) is 6.20 Å². The topological polar surface area (TPSA) is 74.8 Å². The second-order valence-electron chi connectivity index (χ2n) is 4.19. The van der Waals surface area contributed by atoms with E-state index < -0.39 is 10.0 Å². The summed E-state index contributed by atoms with van der Waals surface area (Å²) in [5, 5.41) is 6.19. The smallest absolute Gasteiger partial charge is 0.257 e. The maximum Gasteiger partial charge on any atom is 0.257 e. The van der Waals surface area contributed by atoms with E-state index in [0.717, 1.165) is 12.8 Å². The normalized spacial score (nSPS) is 15.9. The zero-order valence-electron chi connectivity index (χ0n) is 9.90. The summed E-state index contributed by atoms with van der Waals surface area (Å²) < 4.78 is 26.2. The molecule has 6 heteroatoms. The molecule has 92 valence electrons. The third-order valence-corrected chi connectivity index (χ3v) is 4.09. The minimum Gasteiger partial charge on any atom is -0.266 e. The average molecular weight is 245 g/mol. The van der Waals surface area contributed by atoms with Gasteiger partial charge in [-0.25, -0.2) is 13.1 Å². The summed E-state index contributed by atoms with van der Waals surface area (Å²) in [6, 6.07) is 1.38. The third-order valence-electron chi connectivity index (χ3n) is 2.57. The molecule has 1 aromatic rings. The summed E-state index contributed by atoms with van der Waals surface area (Å²) in [4.78, 5) is 0. The Morgan fingerprint density at radius 3 is 2.69 bits per heavy atom. The molecule has 1 rings (SSSR count). The van der Waals surface area contributed by atoms with Crippen LogP contribution in [0.25, 0.3) is 0 Å². The molecule has 0 radical (unpaired) electrons. The Balaban J connectivity index is 2.60. The van der Waals surface area contributed by atoms with Gasteiger partial charge in [-0.2, -0.15) is 5.10 Å². The van der Waals surface area contributed by atoms with Crippen molar-refractivity contribution >= 4 is 10.0 Å². The van der Waals surface area contributed by atoms with Crippen LogP contribution in [0, 0.1) is 5.92 Å².